The van der Waals surface area contributed by atoms with E-state index >= 15 is 0 Å². The lowest BCUT2D eigenvalue weighted by Crippen LogP contribution is -2.17. The van der Waals surface area contributed by atoms with E-state index < -0.39 is 11.9 Å². The van der Waals surface area contributed by atoms with E-state index in [1.807, 2.05) is 0 Å². The molecule has 0 radical (unpaired) electrons. The highest BCUT2D eigenvalue weighted by Gasteiger charge is 2.33. The van der Waals surface area contributed by atoms with Crippen LogP contribution in [-0.2, 0) is 4.79 Å². The van der Waals surface area contributed by atoms with E-state index in [1.54, 1.807) is 12.1 Å². The van der Waals surface area contributed by atoms with Crippen LogP contribution in [-0.4, -0.2) is 29.8 Å². The van der Waals surface area contributed by atoms with Gasteiger partial charge in [0.05, 0.1) is 13.0 Å². The summed E-state index contributed by atoms with van der Waals surface area (Å²) in [5.41, 5.74) is 0.651. The van der Waals surface area contributed by atoms with Crippen molar-refractivity contribution in [2.45, 2.75) is 12.5 Å². The van der Waals surface area contributed by atoms with Gasteiger partial charge < -0.3 is 20.3 Å². The number of hydrogen-bond acceptors (Lipinski definition) is 4. The van der Waals surface area contributed by atoms with Crippen molar-refractivity contribution in [1.29, 1.82) is 0 Å². The first-order valence-corrected chi connectivity index (χ1v) is 6.35. The number of aliphatic carboxylic acids is 1. The summed E-state index contributed by atoms with van der Waals surface area (Å²) in [7, 11) is 1.48. The average molecular weight is 316 g/mol. The first-order chi connectivity index (χ1) is 8.54. The van der Waals surface area contributed by atoms with Crippen molar-refractivity contribution in [3.63, 3.8) is 0 Å². The third-order valence-electron chi connectivity index (χ3n) is 3.18. The van der Waals surface area contributed by atoms with Crippen molar-refractivity contribution in [3.05, 3.63) is 22.2 Å². The number of halogens is 1. The number of phenolic OH excluding ortho intramolecular Hbond substituents is 1. The molecule has 1 saturated heterocycles. The number of carboxylic acid groups (broad SMARTS) is 1. The minimum absolute atomic E-state index is 0.0513. The van der Waals surface area contributed by atoms with Crippen molar-refractivity contribution >= 4 is 21.9 Å². The van der Waals surface area contributed by atoms with Gasteiger partial charge in [0.25, 0.3) is 0 Å². The van der Waals surface area contributed by atoms with Gasteiger partial charge in [-0.25, -0.2) is 0 Å². The molecule has 0 aromatic heterocycles. The molecule has 3 N–H and O–H groups in total. The molecule has 0 aliphatic carbocycles. The fourth-order valence-electron chi connectivity index (χ4n) is 2.20. The molecule has 2 rings (SSSR count). The second-order valence-electron chi connectivity index (χ2n) is 4.24. The lowest BCUT2D eigenvalue weighted by Gasteiger charge is -2.16. The summed E-state index contributed by atoms with van der Waals surface area (Å²) in [6, 6.07) is 3.26. The average Bonchev–Trinajstić information content (AvgIpc) is 2.79. The molecule has 1 aromatic rings. The molecule has 2 atom stereocenters. The lowest BCUT2D eigenvalue weighted by atomic mass is 9.99. The van der Waals surface area contributed by atoms with Gasteiger partial charge in [0.15, 0.2) is 11.5 Å². The molecule has 1 heterocycles. The van der Waals surface area contributed by atoms with Crippen molar-refractivity contribution in [1.82, 2.24) is 5.32 Å². The SMILES string of the molecule is COc1ccc(Br)c(C2CC(C(=O)O)CN2)c1O. The van der Waals surface area contributed by atoms with E-state index in [1.165, 1.54) is 7.11 Å². The summed E-state index contributed by atoms with van der Waals surface area (Å²) < 4.78 is 5.80. The molecule has 2 unspecified atom stereocenters. The van der Waals surface area contributed by atoms with Crippen LogP contribution in [0.3, 0.4) is 0 Å². The molecule has 18 heavy (non-hydrogen) atoms. The third-order valence-corrected chi connectivity index (χ3v) is 3.87. The van der Waals surface area contributed by atoms with Crippen LogP contribution in [0.2, 0.25) is 0 Å². The van der Waals surface area contributed by atoms with Gasteiger partial charge in [-0.05, 0) is 18.6 Å². The zero-order valence-electron chi connectivity index (χ0n) is 9.81. The summed E-state index contributed by atoms with van der Waals surface area (Å²) in [6.07, 6.45) is 0.453. The summed E-state index contributed by atoms with van der Waals surface area (Å²) in [4.78, 5) is 10.9. The Kier molecular flexibility index (Phi) is 3.77. The predicted octanol–water partition coefficient (Wildman–Crippen LogP) is 1.90. The molecule has 1 aliphatic heterocycles. The van der Waals surface area contributed by atoms with Gasteiger partial charge in [-0.3, -0.25) is 4.79 Å². The van der Waals surface area contributed by atoms with Gasteiger partial charge in [0.1, 0.15) is 0 Å². The van der Waals surface area contributed by atoms with Crippen LogP contribution in [0.1, 0.15) is 18.0 Å². The Labute approximate surface area is 113 Å². The molecule has 0 amide bonds. The zero-order valence-corrected chi connectivity index (χ0v) is 11.4. The molecular weight excluding hydrogens is 302 g/mol. The van der Waals surface area contributed by atoms with Crippen LogP contribution in [0.15, 0.2) is 16.6 Å². The summed E-state index contributed by atoms with van der Waals surface area (Å²) in [5.74, 6) is -0.805. The highest BCUT2D eigenvalue weighted by atomic mass is 79.9. The summed E-state index contributed by atoms with van der Waals surface area (Å²) in [6.45, 7) is 0.406. The number of methoxy groups -OCH3 is 1. The Morgan fingerprint density at radius 1 is 1.56 bits per heavy atom. The van der Waals surface area contributed by atoms with Crippen LogP contribution >= 0.6 is 15.9 Å². The molecule has 1 fully saturated rings. The number of carboxylic acids is 1. The topological polar surface area (TPSA) is 78.8 Å². The van der Waals surface area contributed by atoms with Gasteiger partial charge in [-0.15, -0.1) is 0 Å². The van der Waals surface area contributed by atoms with E-state index in [-0.39, 0.29) is 11.8 Å². The van der Waals surface area contributed by atoms with Crippen molar-refractivity contribution in [2.75, 3.05) is 13.7 Å². The van der Waals surface area contributed by atoms with Crippen molar-refractivity contribution < 1.29 is 19.7 Å². The zero-order chi connectivity index (χ0) is 13.3. The molecule has 5 nitrogen and oxygen atoms in total. The minimum atomic E-state index is -0.816. The quantitative estimate of drug-likeness (QED) is 0.794. The number of hydrogen-bond donors (Lipinski definition) is 3. The number of ether oxygens (including phenoxy) is 1. The fourth-order valence-corrected chi connectivity index (χ4v) is 2.80. The maximum Gasteiger partial charge on any atom is 0.307 e. The number of aromatic hydroxyl groups is 1. The Bertz CT molecular complexity index is 477. The Morgan fingerprint density at radius 2 is 2.28 bits per heavy atom. The van der Waals surface area contributed by atoms with Gasteiger partial charge in [0, 0.05) is 22.6 Å². The maximum absolute atomic E-state index is 10.9. The third kappa shape index (κ3) is 2.30. The standard InChI is InChI=1S/C12H14BrNO4/c1-18-9-3-2-7(13)10(11(9)15)8-4-6(5-14-8)12(16)17/h2-3,6,8,14-15H,4-5H2,1H3,(H,16,17). The first-order valence-electron chi connectivity index (χ1n) is 5.56. The van der Waals surface area contributed by atoms with Crippen LogP contribution in [0.25, 0.3) is 0 Å². The number of rotatable bonds is 3. The number of benzene rings is 1. The van der Waals surface area contributed by atoms with Gasteiger partial charge in [-0.1, -0.05) is 15.9 Å². The summed E-state index contributed by atoms with van der Waals surface area (Å²) >= 11 is 3.37. The van der Waals surface area contributed by atoms with E-state index in [0.29, 0.717) is 24.3 Å². The van der Waals surface area contributed by atoms with Crippen molar-refractivity contribution in [3.8, 4) is 11.5 Å². The van der Waals surface area contributed by atoms with Gasteiger partial charge in [-0.2, -0.15) is 0 Å². The highest BCUT2D eigenvalue weighted by Crippen LogP contribution is 2.42. The molecule has 6 heteroatoms. The van der Waals surface area contributed by atoms with E-state index in [9.17, 15) is 9.90 Å². The van der Waals surface area contributed by atoms with Crippen LogP contribution < -0.4 is 10.1 Å². The molecule has 0 saturated carbocycles. The van der Waals surface area contributed by atoms with E-state index in [4.69, 9.17) is 9.84 Å². The van der Waals surface area contributed by atoms with Crippen molar-refractivity contribution in [2.24, 2.45) is 5.92 Å². The van der Waals surface area contributed by atoms with E-state index in [0.717, 1.165) is 4.47 Å². The Balaban J connectivity index is 2.32. The number of nitrogens with one attached hydrogen (secondary N) is 1. The minimum Gasteiger partial charge on any atom is -0.504 e. The molecule has 1 aliphatic rings. The van der Waals surface area contributed by atoms with Crippen LogP contribution in [0.4, 0.5) is 0 Å². The largest absolute Gasteiger partial charge is 0.504 e. The summed E-state index contributed by atoms with van der Waals surface area (Å²) in [5, 5.41) is 22.2. The second-order valence-corrected chi connectivity index (χ2v) is 5.10. The normalized spacial score (nSPS) is 23.0. The second kappa shape index (κ2) is 5.16. The molecule has 98 valence electrons. The predicted molar refractivity (Wildman–Crippen MR) is 68.8 cm³/mol. The number of carbonyl (C=O) groups is 1. The van der Waals surface area contributed by atoms with E-state index in [2.05, 4.69) is 21.2 Å². The Morgan fingerprint density at radius 3 is 2.83 bits per heavy atom. The van der Waals surface area contributed by atoms with Gasteiger partial charge in [0.2, 0.25) is 0 Å². The Hall–Kier alpha value is -1.27. The molecular formula is C12H14BrNO4. The first kappa shape index (κ1) is 13.2. The molecule has 0 bridgehead atoms. The van der Waals surface area contributed by atoms with Crippen LogP contribution in [0.5, 0.6) is 11.5 Å². The van der Waals surface area contributed by atoms with Crippen LogP contribution in [0, 0.1) is 5.92 Å². The monoisotopic (exact) mass is 315 g/mol. The van der Waals surface area contributed by atoms with Gasteiger partial charge >= 0.3 is 5.97 Å². The fraction of sp³-hybridized carbons (Fsp3) is 0.417. The smallest absolute Gasteiger partial charge is 0.307 e. The maximum atomic E-state index is 10.9. The molecule has 1 aromatic carbocycles. The highest BCUT2D eigenvalue weighted by molar-refractivity contribution is 9.10. The lowest BCUT2D eigenvalue weighted by molar-refractivity contribution is -0.141. The number of phenols is 1. The molecule has 0 spiro atoms.